The van der Waals surface area contributed by atoms with Gasteiger partial charge in [-0.15, -0.1) is 0 Å². The summed E-state index contributed by atoms with van der Waals surface area (Å²) in [5.74, 6) is 3.01. The number of aromatic nitrogens is 3. The van der Waals surface area contributed by atoms with Crippen molar-refractivity contribution in [3.63, 3.8) is 0 Å². The lowest BCUT2D eigenvalue weighted by molar-refractivity contribution is -0.149. The van der Waals surface area contributed by atoms with Crippen molar-refractivity contribution < 1.29 is 4.79 Å². The zero-order valence-electron chi connectivity index (χ0n) is 20.9. The van der Waals surface area contributed by atoms with Gasteiger partial charge in [0.1, 0.15) is 23.8 Å². The highest BCUT2D eigenvalue weighted by atomic mass is 16.2. The molecule has 2 atom stereocenters. The molecule has 4 aliphatic rings. The maximum absolute atomic E-state index is 13.3. The van der Waals surface area contributed by atoms with Crippen molar-refractivity contribution in [3.05, 3.63) is 35.8 Å². The van der Waals surface area contributed by atoms with Gasteiger partial charge in [0.2, 0.25) is 5.91 Å². The predicted octanol–water partition coefficient (Wildman–Crippen LogP) is 3.93. The first-order valence-corrected chi connectivity index (χ1v) is 12.9. The molecular formula is C27H33N7O. The minimum absolute atomic E-state index is 0.0194. The van der Waals surface area contributed by atoms with E-state index in [0.717, 1.165) is 69.2 Å². The van der Waals surface area contributed by atoms with Gasteiger partial charge in [-0.1, -0.05) is 19.8 Å². The number of fused-ring (bicyclic) bond motifs is 2. The summed E-state index contributed by atoms with van der Waals surface area (Å²) in [4.78, 5) is 34.2. The first kappa shape index (κ1) is 22.3. The summed E-state index contributed by atoms with van der Waals surface area (Å²) >= 11 is 0. The average molecular weight is 472 g/mol. The fraction of sp³-hybridized carbons (Fsp3) is 0.593. The Balaban J connectivity index is 1.35. The second-order valence-electron chi connectivity index (χ2n) is 11.4. The van der Waals surface area contributed by atoms with Crippen LogP contribution in [0.25, 0.3) is 0 Å². The lowest BCUT2D eigenvalue weighted by atomic mass is 9.66. The number of amides is 1. The highest BCUT2D eigenvalue weighted by molar-refractivity contribution is 5.84. The van der Waals surface area contributed by atoms with Gasteiger partial charge in [0, 0.05) is 54.3 Å². The summed E-state index contributed by atoms with van der Waals surface area (Å²) in [6, 6.07) is 6.11. The first-order valence-electron chi connectivity index (χ1n) is 12.9. The molecule has 182 valence electrons. The van der Waals surface area contributed by atoms with Crippen molar-refractivity contribution in [2.45, 2.75) is 76.8 Å². The quantitative estimate of drug-likeness (QED) is 0.670. The molecule has 2 saturated carbocycles. The summed E-state index contributed by atoms with van der Waals surface area (Å²) in [5, 5.41) is 9.40. The van der Waals surface area contributed by atoms with Gasteiger partial charge < -0.3 is 14.7 Å². The molecule has 8 nitrogen and oxygen atoms in total. The largest absolute Gasteiger partial charge is 0.350 e. The monoisotopic (exact) mass is 471 g/mol. The Morgan fingerprint density at radius 3 is 2.46 bits per heavy atom. The molecule has 2 aromatic heterocycles. The molecule has 35 heavy (non-hydrogen) atoms. The number of pyridine rings is 1. The van der Waals surface area contributed by atoms with Crippen LogP contribution in [-0.4, -0.2) is 57.5 Å². The molecule has 2 aliphatic heterocycles. The van der Waals surface area contributed by atoms with Crippen molar-refractivity contribution >= 4 is 23.4 Å². The van der Waals surface area contributed by atoms with Crippen molar-refractivity contribution in [1.29, 1.82) is 5.26 Å². The number of nitrogens with zero attached hydrogens (tertiary/aromatic N) is 7. The first-order chi connectivity index (χ1) is 16.8. The van der Waals surface area contributed by atoms with Crippen LogP contribution in [0.3, 0.4) is 0 Å². The van der Waals surface area contributed by atoms with E-state index in [1.165, 1.54) is 12.0 Å². The predicted molar refractivity (Wildman–Crippen MR) is 133 cm³/mol. The van der Waals surface area contributed by atoms with Gasteiger partial charge in [-0.25, -0.2) is 15.0 Å². The number of carbonyl (C=O) groups is 1. The van der Waals surface area contributed by atoms with E-state index >= 15 is 0 Å². The molecule has 0 radical (unpaired) electrons. The molecule has 1 spiro atoms. The Morgan fingerprint density at radius 1 is 1.06 bits per heavy atom. The van der Waals surface area contributed by atoms with Crippen molar-refractivity contribution in [2.75, 3.05) is 29.4 Å². The van der Waals surface area contributed by atoms with E-state index in [1.807, 2.05) is 6.07 Å². The molecule has 0 N–H and O–H groups in total. The van der Waals surface area contributed by atoms with Gasteiger partial charge in [0.05, 0.1) is 11.6 Å². The fourth-order valence-electron chi connectivity index (χ4n) is 6.53. The lowest BCUT2D eigenvalue weighted by Gasteiger charge is -2.50. The van der Waals surface area contributed by atoms with Crippen LogP contribution in [0.5, 0.6) is 0 Å². The summed E-state index contributed by atoms with van der Waals surface area (Å²) in [6.45, 7) is 8.81. The van der Waals surface area contributed by atoms with Crippen LogP contribution in [-0.2, 0) is 10.2 Å². The van der Waals surface area contributed by atoms with Gasteiger partial charge in [-0.2, -0.15) is 5.26 Å². The number of hydrogen-bond acceptors (Lipinski definition) is 7. The maximum Gasteiger partial charge on any atom is 0.228 e. The minimum atomic E-state index is -0.173. The number of carbonyl (C=O) groups excluding carboxylic acids is 1. The van der Waals surface area contributed by atoms with E-state index in [0.29, 0.717) is 11.5 Å². The molecule has 2 aromatic rings. The topological polar surface area (TPSA) is 89.3 Å². The third-order valence-corrected chi connectivity index (χ3v) is 9.01. The molecule has 3 fully saturated rings. The van der Waals surface area contributed by atoms with Crippen LogP contribution in [0.15, 0.2) is 24.7 Å². The summed E-state index contributed by atoms with van der Waals surface area (Å²) in [5.41, 5.74) is 1.67. The minimum Gasteiger partial charge on any atom is -0.350 e. The van der Waals surface area contributed by atoms with Gasteiger partial charge in [0.15, 0.2) is 0 Å². The van der Waals surface area contributed by atoms with E-state index in [-0.39, 0.29) is 22.9 Å². The van der Waals surface area contributed by atoms with Crippen LogP contribution in [0.1, 0.15) is 70.4 Å². The molecule has 1 saturated heterocycles. The van der Waals surface area contributed by atoms with E-state index in [4.69, 9.17) is 9.97 Å². The van der Waals surface area contributed by atoms with Crippen LogP contribution in [0.2, 0.25) is 0 Å². The lowest BCUT2D eigenvalue weighted by Crippen LogP contribution is -2.61. The Labute approximate surface area is 207 Å². The second kappa shape index (κ2) is 7.91. The van der Waals surface area contributed by atoms with Gasteiger partial charge in [-0.05, 0) is 51.7 Å². The Kier molecular flexibility index (Phi) is 5.03. The van der Waals surface area contributed by atoms with Crippen LogP contribution < -0.4 is 9.80 Å². The molecular weight excluding hydrogens is 438 g/mol. The van der Waals surface area contributed by atoms with Crippen LogP contribution in [0.4, 0.5) is 17.5 Å². The molecule has 4 heterocycles. The van der Waals surface area contributed by atoms with E-state index in [2.05, 4.69) is 46.5 Å². The van der Waals surface area contributed by atoms with Gasteiger partial charge in [-0.3, -0.25) is 4.79 Å². The molecule has 1 amide bonds. The number of piperazine rings is 1. The van der Waals surface area contributed by atoms with Crippen molar-refractivity contribution in [3.8, 4) is 6.07 Å². The Morgan fingerprint density at radius 2 is 1.80 bits per heavy atom. The molecule has 0 unspecified atom stereocenters. The molecule has 8 heteroatoms. The molecule has 2 aliphatic carbocycles. The highest BCUT2D eigenvalue weighted by Crippen LogP contribution is 2.56. The van der Waals surface area contributed by atoms with E-state index in [9.17, 15) is 10.1 Å². The molecule has 0 bridgehead atoms. The normalized spacial score (nSPS) is 26.1. The maximum atomic E-state index is 13.3. The van der Waals surface area contributed by atoms with Gasteiger partial charge >= 0.3 is 0 Å². The van der Waals surface area contributed by atoms with Crippen LogP contribution >= 0.6 is 0 Å². The second-order valence-corrected chi connectivity index (χ2v) is 11.4. The average Bonchev–Trinajstić information content (AvgIpc) is 3.20. The van der Waals surface area contributed by atoms with Crippen molar-refractivity contribution in [2.24, 2.45) is 5.41 Å². The number of anilines is 3. The highest BCUT2D eigenvalue weighted by Gasteiger charge is 2.52. The number of nitriles is 1. The summed E-state index contributed by atoms with van der Waals surface area (Å²) in [6.07, 6.45) is 9.94. The summed E-state index contributed by atoms with van der Waals surface area (Å²) < 4.78 is 0. The molecule has 0 aromatic carbocycles. The SMILES string of the molecule is C[C@@H]1CN(C(=O)C2(C)CCC2)[C@@H](C)CN1c1ncnc2c1C1(CCC1)CN2c1cc(C#N)ccn1. The zero-order valence-corrected chi connectivity index (χ0v) is 20.9. The third kappa shape index (κ3) is 3.31. The Hall–Kier alpha value is -3.21. The standard InChI is InChI=1S/C27H33N7O/c1-18-15-33(25(35)26(3)7-4-8-26)19(2)14-32(18)23-22-24(31-17-30-23)34(16-27(22)9-5-10-27)21-12-20(13-28)6-11-29-21/h6,11-12,17-19H,4-5,7-10,14-16H2,1-3H3/t18-,19+/m1/s1. The van der Waals surface area contributed by atoms with Crippen LogP contribution in [0, 0.1) is 16.7 Å². The van der Waals surface area contributed by atoms with E-state index in [1.54, 1.807) is 18.6 Å². The third-order valence-electron chi connectivity index (χ3n) is 9.01. The zero-order chi connectivity index (χ0) is 24.4. The van der Waals surface area contributed by atoms with E-state index < -0.39 is 0 Å². The number of hydrogen-bond donors (Lipinski definition) is 0. The summed E-state index contributed by atoms with van der Waals surface area (Å²) in [7, 11) is 0. The van der Waals surface area contributed by atoms with Crippen molar-refractivity contribution in [1.82, 2.24) is 19.9 Å². The van der Waals surface area contributed by atoms with Gasteiger partial charge in [0.25, 0.3) is 0 Å². The smallest absolute Gasteiger partial charge is 0.228 e. The molecule has 6 rings (SSSR count). The number of rotatable bonds is 3. The Bertz CT molecular complexity index is 1210. The fourth-order valence-corrected chi connectivity index (χ4v) is 6.53.